The molecule has 1 aliphatic carbocycles. The lowest BCUT2D eigenvalue weighted by Crippen LogP contribution is -2.40. The average Bonchev–Trinajstić information content (AvgIpc) is 2.62. The third-order valence-electron chi connectivity index (χ3n) is 4.69. The van der Waals surface area contributed by atoms with Crippen molar-refractivity contribution < 1.29 is 5.11 Å². The van der Waals surface area contributed by atoms with Gasteiger partial charge in [0.25, 0.3) is 0 Å². The van der Waals surface area contributed by atoms with E-state index in [1.807, 2.05) is 11.6 Å². The molecule has 0 radical (unpaired) electrons. The van der Waals surface area contributed by atoms with Crippen molar-refractivity contribution in [1.82, 2.24) is 9.78 Å². The standard InChI is InChI=1S/C15H25ClN2O/c1-5-18-13(14(16)12(4)17-18)9-15(19)7-6-10(2)11(3)8-15/h10-11,19H,5-9H2,1-4H3. The molecule has 1 aliphatic rings. The number of nitrogens with zero attached hydrogens (tertiary/aromatic N) is 2. The first-order valence-corrected chi connectivity index (χ1v) is 7.68. The van der Waals surface area contributed by atoms with E-state index < -0.39 is 5.60 Å². The van der Waals surface area contributed by atoms with Gasteiger partial charge in [0.15, 0.2) is 0 Å². The number of aryl methyl sites for hydroxylation is 2. The third-order valence-corrected chi connectivity index (χ3v) is 5.18. The average molecular weight is 285 g/mol. The van der Waals surface area contributed by atoms with Crippen LogP contribution in [0.2, 0.25) is 5.02 Å². The summed E-state index contributed by atoms with van der Waals surface area (Å²) in [6.07, 6.45) is 3.44. The van der Waals surface area contributed by atoms with Gasteiger partial charge in [-0.2, -0.15) is 5.10 Å². The maximum Gasteiger partial charge on any atom is 0.0848 e. The molecule has 1 aromatic rings. The van der Waals surface area contributed by atoms with Crippen LogP contribution in [0.4, 0.5) is 0 Å². The zero-order valence-corrected chi connectivity index (χ0v) is 13.2. The van der Waals surface area contributed by atoms with E-state index in [0.717, 1.165) is 42.2 Å². The molecule has 2 rings (SSSR count). The van der Waals surface area contributed by atoms with E-state index in [-0.39, 0.29) is 0 Å². The first-order valence-electron chi connectivity index (χ1n) is 7.30. The predicted molar refractivity (Wildman–Crippen MR) is 78.5 cm³/mol. The maximum atomic E-state index is 10.9. The molecule has 19 heavy (non-hydrogen) atoms. The summed E-state index contributed by atoms with van der Waals surface area (Å²) in [5.41, 5.74) is 1.24. The fourth-order valence-electron chi connectivity index (χ4n) is 3.19. The summed E-state index contributed by atoms with van der Waals surface area (Å²) >= 11 is 6.34. The molecule has 0 aromatic carbocycles. The molecule has 3 atom stereocenters. The van der Waals surface area contributed by atoms with Crippen LogP contribution in [-0.2, 0) is 13.0 Å². The third kappa shape index (κ3) is 2.97. The summed E-state index contributed by atoms with van der Waals surface area (Å²) < 4.78 is 1.93. The molecule has 0 bridgehead atoms. The molecule has 108 valence electrons. The van der Waals surface area contributed by atoms with E-state index >= 15 is 0 Å². The molecule has 0 amide bonds. The molecular weight excluding hydrogens is 260 g/mol. The Morgan fingerprint density at radius 2 is 2.11 bits per heavy atom. The Kier molecular flexibility index (Phi) is 4.26. The predicted octanol–water partition coefficient (Wildman–Crippen LogP) is 3.59. The van der Waals surface area contributed by atoms with Gasteiger partial charge in [0.2, 0.25) is 0 Å². The lowest BCUT2D eigenvalue weighted by atomic mass is 9.71. The largest absolute Gasteiger partial charge is 0.389 e. The molecular formula is C15H25ClN2O. The van der Waals surface area contributed by atoms with Gasteiger partial charge in [0.1, 0.15) is 0 Å². The van der Waals surface area contributed by atoms with Crippen LogP contribution in [0.15, 0.2) is 0 Å². The quantitative estimate of drug-likeness (QED) is 0.921. The fourth-order valence-corrected chi connectivity index (χ4v) is 3.40. The normalized spacial score (nSPS) is 31.7. The molecule has 0 saturated heterocycles. The summed E-state index contributed by atoms with van der Waals surface area (Å²) in [4.78, 5) is 0. The van der Waals surface area contributed by atoms with E-state index in [9.17, 15) is 5.11 Å². The first-order chi connectivity index (χ1) is 8.86. The van der Waals surface area contributed by atoms with Gasteiger partial charge in [0.05, 0.1) is 22.0 Å². The van der Waals surface area contributed by atoms with E-state index in [1.165, 1.54) is 0 Å². The number of hydrogen-bond donors (Lipinski definition) is 1. The van der Waals surface area contributed by atoms with Crippen LogP contribution < -0.4 is 0 Å². The second-order valence-electron chi connectivity index (χ2n) is 6.26. The molecule has 0 spiro atoms. The number of aromatic nitrogens is 2. The number of halogens is 1. The Hall–Kier alpha value is -0.540. The summed E-state index contributed by atoms with van der Waals surface area (Å²) in [6.45, 7) is 9.29. The molecule has 3 unspecified atom stereocenters. The Balaban J connectivity index is 2.21. The van der Waals surface area contributed by atoms with Crippen LogP contribution in [0.25, 0.3) is 0 Å². The van der Waals surface area contributed by atoms with Crippen molar-refractivity contribution in [3.8, 4) is 0 Å². The van der Waals surface area contributed by atoms with Gasteiger partial charge in [-0.05, 0) is 44.9 Å². The second-order valence-corrected chi connectivity index (χ2v) is 6.64. The molecule has 1 heterocycles. The van der Waals surface area contributed by atoms with Gasteiger partial charge in [-0.25, -0.2) is 0 Å². The van der Waals surface area contributed by atoms with E-state index in [2.05, 4.69) is 25.9 Å². The van der Waals surface area contributed by atoms with Gasteiger partial charge in [0, 0.05) is 13.0 Å². The highest BCUT2D eigenvalue weighted by molar-refractivity contribution is 6.31. The second kappa shape index (κ2) is 5.45. The Labute approximate surface area is 121 Å². The Bertz CT molecular complexity index is 457. The SMILES string of the molecule is CCn1nc(C)c(Cl)c1CC1(O)CCC(C)C(C)C1. The van der Waals surface area contributed by atoms with Crippen LogP contribution in [0, 0.1) is 18.8 Å². The zero-order valence-electron chi connectivity index (χ0n) is 12.4. The molecule has 1 N–H and O–H groups in total. The fraction of sp³-hybridized carbons (Fsp3) is 0.800. The van der Waals surface area contributed by atoms with Gasteiger partial charge in [-0.3, -0.25) is 4.68 Å². The minimum Gasteiger partial charge on any atom is -0.389 e. The summed E-state index contributed by atoms with van der Waals surface area (Å²) in [5, 5.41) is 16.0. The molecule has 3 nitrogen and oxygen atoms in total. The smallest absolute Gasteiger partial charge is 0.0848 e. The van der Waals surface area contributed by atoms with Gasteiger partial charge < -0.3 is 5.11 Å². The number of hydrogen-bond acceptors (Lipinski definition) is 2. The van der Waals surface area contributed by atoms with Crippen molar-refractivity contribution in [3.05, 3.63) is 16.4 Å². The van der Waals surface area contributed by atoms with Crippen LogP contribution in [0.3, 0.4) is 0 Å². The summed E-state index contributed by atoms with van der Waals surface area (Å²) in [5.74, 6) is 1.27. The van der Waals surface area contributed by atoms with E-state index in [4.69, 9.17) is 11.6 Å². The minimum atomic E-state index is -0.616. The van der Waals surface area contributed by atoms with Crippen molar-refractivity contribution in [2.24, 2.45) is 11.8 Å². The van der Waals surface area contributed by atoms with Gasteiger partial charge in [-0.15, -0.1) is 0 Å². The van der Waals surface area contributed by atoms with Crippen molar-refractivity contribution in [2.45, 2.75) is 65.5 Å². The van der Waals surface area contributed by atoms with Crippen LogP contribution in [0.1, 0.15) is 51.4 Å². The lowest BCUT2D eigenvalue weighted by Gasteiger charge is -2.39. The van der Waals surface area contributed by atoms with Crippen molar-refractivity contribution in [1.29, 1.82) is 0 Å². The summed E-state index contributed by atoms with van der Waals surface area (Å²) in [6, 6.07) is 0. The zero-order chi connectivity index (χ0) is 14.2. The number of aliphatic hydroxyl groups is 1. The van der Waals surface area contributed by atoms with Crippen molar-refractivity contribution in [2.75, 3.05) is 0 Å². The topological polar surface area (TPSA) is 38.0 Å². The van der Waals surface area contributed by atoms with Gasteiger partial charge in [-0.1, -0.05) is 25.4 Å². The Morgan fingerprint density at radius 3 is 2.68 bits per heavy atom. The van der Waals surface area contributed by atoms with Crippen molar-refractivity contribution >= 4 is 11.6 Å². The number of rotatable bonds is 3. The molecule has 1 aromatic heterocycles. The van der Waals surface area contributed by atoms with E-state index in [0.29, 0.717) is 18.3 Å². The van der Waals surface area contributed by atoms with Gasteiger partial charge >= 0.3 is 0 Å². The highest BCUT2D eigenvalue weighted by atomic mass is 35.5. The summed E-state index contributed by atoms with van der Waals surface area (Å²) in [7, 11) is 0. The minimum absolute atomic E-state index is 0.566. The van der Waals surface area contributed by atoms with Crippen LogP contribution >= 0.6 is 11.6 Å². The monoisotopic (exact) mass is 284 g/mol. The van der Waals surface area contributed by atoms with E-state index in [1.54, 1.807) is 0 Å². The lowest BCUT2D eigenvalue weighted by molar-refractivity contribution is -0.0293. The highest BCUT2D eigenvalue weighted by Crippen LogP contribution is 2.39. The highest BCUT2D eigenvalue weighted by Gasteiger charge is 2.37. The van der Waals surface area contributed by atoms with Crippen LogP contribution in [0.5, 0.6) is 0 Å². The van der Waals surface area contributed by atoms with Crippen LogP contribution in [-0.4, -0.2) is 20.5 Å². The maximum absolute atomic E-state index is 10.9. The molecule has 1 fully saturated rings. The molecule has 1 saturated carbocycles. The first kappa shape index (κ1) is 14.9. The van der Waals surface area contributed by atoms with Crippen molar-refractivity contribution in [3.63, 3.8) is 0 Å². The Morgan fingerprint density at radius 1 is 1.42 bits per heavy atom. The molecule has 0 aliphatic heterocycles. The molecule has 4 heteroatoms.